The number of aromatic nitrogens is 4. The summed E-state index contributed by atoms with van der Waals surface area (Å²) in [6.07, 6.45) is 0. The molecule has 0 saturated carbocycles. The van der Waals surface area contributed by atoms with Crippen LogP contribution in [0.5, 0.6) is 0 Å². The van der Waals surface area contributed by atoms with Crippen LogP contribution in [0, 0.1) is 0 Å². The summed E-state index contributed by atoms with van der Waals surface area (Å²) in [5, 5.41) is 3.32. The van der Waals surface area contributed by atoms with Crippen LogP contribution in [0.2, 0.25) is 0 Å². The summed E-state index contributed by atoms with van der Waals surface area (Å²) in [6.45, 7) is 0. The normalized spacial score (nSPS) is 11.6. The Hall–Kier alpha value is -6.50. The quantitative estimate of drug-likeness (QED) is 0.184. The van der Waals surface area contributed by atoms with Crippen molar-refractivity contribution in [2.45, 2.75) is 0 Å². The van der Waals surface area contributed by atoms with E-state index in [9.17, 15) is 0 Å². The molecule has 0 bridgehead atoms. The van der Waals surface area contributed by atoms with Crippen molar-refractivity contribution >= 4 is 53.6 Å². The van der Waals surface area contributed by atoms with Gasteiger partial charge in [-0.05, 0) is 30.3 Å². The summed E-state index contributed by atoms with van der Waals surface area (Å²) in [5.74, 6) is 1.37. The zero-order valence-corrected chi connectivity index (χ0v) is 27.4. The Morgan fingerprint density at radius 1 is 0.440 bits per heavy atom. The molecule has 4 heterocycles. The Balaban J connectivity index is 1.15. The van der Waals surface area contributed by atoms with Crippen LogP contribution in [0.15, 0.2) is 162 Å². The highest BCUT2D eigenvalue weighted by Gasteiger charge is 2.20. The summed E-state index contributed by atoms with van der Waals surface area (Å²) in [7, 11) is 0. The van der Waals surface area contributed by atoms with E-state index in [2.05, 4.69) is 84.9 Å². The number of rotatable bonds is 5. The molecule has 0 amide bonds. The summed E-state index contributed by atoms with van der Waals surface area (Å²) >= 11 is 1.75. The van der Waals surface area contributed by atoms with Crippen molar-refractivity contribution in [2.24, 2.45) is 0 Å². The third-order valence-corrected chi connectivity index (χ3v) is 10.3. The molecule has 0 unspecified atom stereocenters. The lowest BCUT2D eigenvalue weighted by Crippen LogP contribution is -1.95. The monoisotopic (exact) mass is 658 g/mol. The van der Waals surface area contributed by atoms with Gasteiger partial charge in [0.1, 0.15) is 16.8 Å². The van der Waals surface area contributed by atoms with Crippen LogP contribution in [-0.2, 0) is 0 Å². The van der Waals surface area contributed by atoms with E-state index in [0.717, 1.165) is 70.8 Å². The molecule has 0 aliphatic heterocycles. The lowest BCUT2D eigenvalue weighted by Gasteiger charge is -2.09. The van der Waals surface area contributed by atoms with E-state index >= 15 is 0 Å². The standard InChI is InChI=1S/C44H26N4OS/c1-4-13-27(14-5-1)35-26-36(28-15-6-2-7-16-28)46-43(45-35)30-23-24-31-32-20-12-21-34(42(32)50-38(31)25-30)44-47-39(29-17-8-3-9-18-29)41-40(48-44)33-19-10-11-22-37(33)49-41/h1-26H. The summed E-state index contributed by atoms with van der Waals surface area (Å²) in [6, 6.07) is 53.8. The first-order valence-electron chi connectivity index (χ1n) is 16.5. The molecule has 0 fully saturated rings. The molecule has 10 aromatic rings. The van der Waals surface area contributed by atoms with Gasteiger partial charge < -0.3 is 4.42 Å². The molecule has 50 heavy (non-hydrogen) atoms. The fourth-order valence-corrected chi connectivity index (χ4v) is 7.96. The molecule has 234 valence electrons. The average molecular weight is 659 g/mol. The molecular weight excluding hydrogens is 633 g/mol. The Labute approximate surface area is 291 Å². The predicted molar refractivity (Wildman–Crippen MR) is 205 cm³/mol. The number of hydrogen-bond acceptors (Lipinski definition) is 6. The van der Waals surface area contributed by atoms with E-state index < -0.39 is 0 Å². The molecule has 0 atom stereocenters. The van der Waals surface area contributed by atoms with Crippen LogP contribution in [0.4, 0.5) is 0 Å². The van der Waals surface area contributed by atoms with Gasteiger partial charge in [0.05, 0.1) is 11.4 Å². The fraction of sp³-hybridized carbons (Fsp3) is 0. The third kappa shape index (κ3) is 4.77. The Kier molecular flexibility index (Phi) is 6.60. The number of hydrogen-bond donors (Lipinski definition) is 0. The molecule has 0 aliphatic carbocycles. The number of nitrogens with zero attached hydrogens (tertiary/aromatic N) is 4. The highest BCUT2D eigenvalue weighted by molar-refractivity contribution is 7.26. The topological polar surface area (TPSA) is 64.7 Å². The van der Waals surface area contributed by atoms with E-state index in [1.807, 2.05) is 72.8 Å². The second-order valence-electron chi connectivity index (χ2n) is 12.2. The molecule has 6 aromatic carbocycles. The van der Waals surface area contributed by atoms with Gasteiger partial charge in [-0.25, -0.2) is 19.9 Å². The van der Waals surface area contributed by atoms with E-state index in [0.29, 0.717) is 17.2 Å². The van der Waals surface area contributed by atoms with Crippen molar-refractivity contribution in [2.75, 3.05) is 0 Å². The maximum atomic E-state index is 6.36. The zero-order chi connectivity index (χ0) is 33.0. The van der Waals surface area contributed by atoms with Crippen LogP contribution in [-0.4, -0.2) is 19.9 Å². The van der Waals surface area contributed by atoms with Gasteiger partial charge in [0.15, 0.2) is 17.2 Å². The first-order valence-corrected chi connectivity index (χ1v) is 17.3. The maximum absolute atomic E-state index is 6.36. The number of fused-ring (bicyclic) bond motifs is 6. The van der Waals surface area contributed by atoms with E-state index in [1.165, 1.54) is 10.8 Å². The Bertz CT molecular complexity index is 2810. The largest absolute Gasteiger partial charge is 0.452 e. The second kappa shape index (κ2) is 11.6. The van der Waals surface area contributed by atoms with Gasteiger partial charge in [-0.3, -0.25) is 0 Å². The molecular formula is C44H26N4OS. The molecule has 6 heteroatoms. The van der Waals surface area contributed by atoms with E-state index in [4.69, 9.17) is 24.4 Å². The zero-order valence-electron chi connectivity index (χ0n) is 26.6. The van der Waals surface area contributed by atoms with Gasteiger partial charge in [-0.15, -0.1) is 11.3 Å². The average Bonchev–Trinajstić information content (AvgIpc) is 3.76. The van der Waals surface area contributed by atoms with Gasteiger partial charge in [-0.2, -0.15) is 0 Å². The maximum Gasteiger partial charge on any atom is 0.180 e. The van der Waals surface area contributed by atoms with Gasteiger partial charge in [0.2, 0.25) is 0 Å². The van der Waals surface area contributed by atoms with Crippen molar-refractivity contribution in [3.8, 4) is 56.5 Å². The minimum atomic E-state index is 0.673. The summed E-state index contributed by atoms with van der Waals surface area (Å²) in [4.78, 5) is 20.5. The van der Waals surface area contributed by atoms with Crippen molar-refractivity contribution in [1.29, 1.82) is 0 Å². The second-order valence-corrected chi connectivity index (χ2v) is 13.3. The lowest BCUT2D eigenvalue weighted by atomic mass is 10.0. The number of benzene rings is 6. The SMILES string of the molecule is c1ccc(-c2cc(-c3ccccc3)nc(-c3ccc4c(c3)sc3c(-c5nc(-c6ccccc6)c6oc7ccccc7c6n5)cccc34)n2)cc1. The van der Waals surface area contributed by atoms with Gasteiger partial charge in [0.25, 0.3) is 0 Å². The molecule has 10 rings (SSSR count). The predicted octanol–water partition coefficient (Wildman–Crippen LogP) is 11.9. The minimum Gasteiger partial charge on any atom is -0.452 e. The number of furan rings is 1. The molecule has 0 saturated heterocycles. The molecule has 0 aliphatic rings. The number of thiophene rings is 1. The highest BCUT2D eigenvalue weighted by atomic mass is 32.1. The Morgan fingerprint density at radius 2 is 1.08 bits per heavy atom. The van der Waals surface area contributed by atoms with Gasteiger partial charge >= 0.3 is 0 Å². The van der Waals surface area contributed by atoms with E-state index in [1.54, 1.807) is 11.3 Å². The van der Waals surface area contributed by atoms with Crippen LogP contribution in [0.1, 0.15) is 0 Å². The smallest absolute Gasteiger partial charge is 0.180 e. The van der Waals surface area contributed by atoms with Crippen molar-refractivity contribution in [3.05, 3.63) is 158 Å². The third-order valence-electron chi connectivity index (χ3n) is 9.13. The Morgan fingerprint density at radius 3 is 1.80 bits per heavy atom. The minimum absolute atomic E-state index is 0.673. The first kappa shape index (κ1) is 28.5. The van der Waals surface area contributed by atoms with Crippen LogP contribution < -0.4 is 0 Å². The molecule has 5 nitrogen and oxygen atoms in total. The van der Waals surface area contributed by atoms with E-state index in [-0.39, 0.29) is 0 Å². The van der Waals surface area contributed by atoms with Crippen LogP contribution in [0.25, 0.3) is 98.8 Å². The molecule has 0 N–H and O–H groups in total. The number of para-hydroxylation sites is 1. The molecule has 4 aromatic heterocycles. The van der Waals surface area contributed by atoms with Crippen molar-refractivity contribution in [3.63, 3.8) is 0 Å². The molecule has 0 radical (unpaired) electrons. The summed E-state index contributed by atoms with van der Waals surface area (Å²) < 4.78 is 8.64. The van der Waals surface area contributed by atoms with Crippen LogP contribution >= 0.6 is 11.3 Å². The van der Waals surface area contributed by atoms with Crippen molar-refractivity contribution < 1.29 is 4.42 Å². The highest BCUT2D eigenvalue weighted by Crippen LogP contribution is 2.42. The van der Waals surface area contributed by atoms with Crippen molar-refractivity contribution in [1.82, 2.24) is 19.9 Å². The van der Waals surface area contributed by atoms with Gasteiger partial charge in [-0.1, -0.05) is 127 Å². The summed E-state index contributed by atoms with van der Waals surface area (Å²) in [5.41, 5.74) is 9.93. The fourth-order valence-electron chi connectivity index (χ4n) is 6.71. The first-order chi connectivity index (χ1) is 24.8. The molecule has 0 spiro atoms. The lowest BCUT2D eigenvalue weighted by molar-refractivity contribution is 0.667. The van der Waals surface area contributed by atoms with Crippen LogP contribution in [0.3, 0.4) is 0 Å². The van der Waals surface area contributed by atoms with Gasteiger partial charge in [0, 0.05) is 53.4 Å².